The van der Waals surface area contributed by atoms with Gasteiger partial charge < -0.3 is 9.47 Å². The summed E-state index contributed by atoms with van der Waals surface area (Å²) < 4.78 is 106. The Hall–Kier alpha value is -1.69. The Bertz CT molecular complexity index is 762. The van der Waals surface area contributed by atoms with E-state index in [9.17, 15) is 35.5 Å². The molecule has 5 nitrogen and oxygen atoms in total. The number of nitrogens with zero attached hydrogens (tertiary/aromatic N) is 2. The van der Waals surface area contributed by atoms with Crippen LogP contribution in [0.3, 0.4) is 0 Å². The quantitative estimate of drug-likeness (QED) is 0.678. The highest BCUT2D eigenvalue weighted by Crippen LogP contribution is 2.51. The minimum Gasteiger partial charge on any atom is -0.341 e. The molecule has 0 radical (unpaired) electrons. The first-order chi connectivity index (χ1) is 12.6. The van der Waals surface area contributed by atoms with Gasteiger partial charge >= 0.3 is 6.18 Å². The molecule has 1 aromatic heterocycles. The Morgan fingerprint density at radius 1 is 1.04 bits per heavy atom. The van der Waals surface area contributed by atoms with Crippen molar-refractivity contribution in [3.8, 4) is 0 Å². The van der Waals surface area contributed by atoms with E-state index < -0.39 is 78.3 Å². The van der Waals surface area contributed by atoms with Crippen molar-refractivity contribution in [2.24, 2.45) is 0 Å². The van der Waals surface area contributed by atoms with Gasteiger partial charge in [0.05, 0.1) is 24.8 Å². The largest absolute Gasteiger partial charge is 0.435 e. The van der Waals surface area contributed by atoms with Crippen LogP contribution in [0.4, 0.5) is 30.7 Å². The van der Waals surface area contributed by atoms with Crippen molar-refractivity contribution in [3.05, 3.63) is 17.0 Å². The van der Waals surface area contributed by atoms with E-state index in [1.54, 1.807) is 0 Å². The SMILES string of the molecule is O=C1c2c(c(C(F)(F)F)nn2C2C[C@@H](F)C(F)[C@@H](F)C2)C2(OCCO2)C1F. The topological polar surface area (TPSA) is 53.4 Å². The van der Waals surface area contributed by atoms with Crippen LogP contribution in [0, 0.1) is 0 Å². The van der Waals surface area contributed by atoms with E-state index in [0.717, 1.165) is 0 Å². The van der Waals surface area contributed by atoms with Gasteiger partial charge in [0, 0.05) is 12.8 Å². The third-order valence-electron chi connectivity index (χ3n) is 5.07. The molecule has 2 aliphatic carbocycles. The maximum absolute atomic E-state index is 14.6. The summed E-state index contributed by atoms with van der Waals surface area (Å²) in [6.07, 6.45) is -16.1. The summed E-state index contributed by atoms with van der Waals surface area (Å²) in [5, 5.41) is 3.31. The van der Waals surface area contributed by atoms with Crippen molar-refractivity contribution in [2.45, 2.75) is 55.5 Å². The molecular weight excluding hydrogens is 389 g/mol. The highest BCUT2D eigenvalue weighted by Gasteiger charge is 2.64. The molecule has 1 saturated carbocycles. The van der Waals surface area contributed by atoms with E-state index in [2.05, 4.69) is 5.10 Å². The predicted molar refractivity (Wildman–Crippen MR) is 73.0 cm³/mol. The monoisotopic (exact) mass is 402 g/mol. The van der Waals surface area contributed by atoms with Crippen LogP contribution in [0.25, 0.3) is 0 Å². The first-order valence-electron chi connectivity index (χ1n) is 8.16. The lowest BCUT2D eigenvalue weighted by molar-refractivity contribution is -0.199. The fraction of sp³-hybridized carbons (Fsp3) is 0.733. The van der Waals surface area contributed by atoms with E-state index in [4.69, 9.17) is 9.47 Å². The second-order valence-electron chi connectivity index (χ2n) is 6.71. The molecule has 0 N–H and O–H groups in total. The minimum absolute atomic E-state index is 0.248. The molecule has 12 heteroatoms. The summed E-state index contributed by atoms with van der Waals surface area (Å²) in [4.78, 5) is 12.4. The molecule has 0 amide bonds. The molecule has 1 spiro atoms. The van der Waals surface area contributed by atoms with Crippen LogP contribution < -0.4 is 0 Å². The van der Waals surface area contributed by atoms with Crippen molar-refractivity contribution in [1.82, 2.24) is 9.78 Å². The van der Waals surface area contributed by atoms with Crippen LogP contribution >= 0.6 is 0 Å². The number of halogens is 7. The van der Waals surface area contributed by atoms with Crippen molar-refractivity contribution in [1.29, 1.82) is 0 Å². The molecule has 1 aromatic rings. The molecular formula is C15H13F7N2O3. The number of alkyl halides is 7. The van der Waals surface area contributed by atoms with Crippen molar-refractivity contribution < 1.29 is 45.0 Å². The molecule has 150 valence electrons. The van der Waals surface area contributed by atoms with Gasteiger partial charge in [-0.05, 0) is 0 Å². The van der Waals surface area contributed by atoms with E-state index in [-0.39, 0.29) is 13.2 Å². The third-order valence-corrected chi connectivity index (χ3v) is 5.07. The number of hydrogen-bond donors (Lipinski definition) is 0. The summed E-state index contributed by atoms with van der Waals surface area (Å²) in [5.41, 5.74) is -3.36. The van der Waals surface area contributed by atoms with Crippen molar-refractivity contribution in [2.75, 3.05) is 13.2 Å². The molecule has 0 aromatic carbocycles. The van der Waals surface area contributed by atoms with Gasteiger partial charge in [-0.25, -0.2) is 17.6 Å². The number of Topliss-reactive ketones (excluding diaryl/α,β-unsaturated/α-hetero) is 1. The lowest BCUT2D eigenvalue weighted by Crippen LogP contribution is -2.40. The summed E-state index contributed by atoms with van der Waals surface area (Å²) in [5.74, 6) is -3.97. The van der Waals surface area contributed by atoms with Gasteiger partial charge in [-0.15, -0.1) is 0 Å². The van der Waals surface area contributed by atoms with E-state index in [1.807, 2.05) is 0 Å². The standard InChI is InChI=1S/C15H13F7N2O3/c16-6-3-5(4-7(17)9(6)18)24-10-8(13(23-24)15(20,21)22)14(12(19)11(10)25)26-1-2-27-14/h5-7,9,12H,1-4H2/t5?,6-,7+,9?,12?. The number of fused-ring (bicyclic) bond motifs is 2. The lowest BCUT2D eigenvalue weighted by Gasteiger charge is -2.31. The number of aromatic nitrogens is 2. The van der Waals surface area contributed by atoms with Crippen molar-refractivity contribution in [3.63, 3.8) is 0 Å². The van der Waals surface area contributed by atoms with Crippen LogP contribution in [-0.2, 0) is 21.4 Å². The zero-order chi connectivity index (χ0) is 19.7. The molecule has 1 aliphatic heterocycles. The number of carbonyl (C=O) groups is 1. The summed E-state index contributed by atoms with van der Waals surface area (Å²) >= 11 is 0. The van der Waals surface area contributed by atoms with E-state index >= 15 is 0 Å². The Morgan fingerprint density at radius 2 is 1.59 bits per heavy atom. The smallest absolute Gasteiger partial charge is 0.341 e. The lowest BCUT2D eigenvalue weighted by atomic mass is 9.90. The van der Waals surface area contributed by atoms with E-state index in [0.29, 0.717) is 4.68 Å². The first kappa shape index (κ1) is 18.7. The van der Waals surface area contributed by atoms with E-state index in [1.165, 1.54) is 0 Å². The van der Waals surface area contributed by atoms with Gasteiger partial charge in [0.25, 0.3) is 0 Å². The highest BCUT2D eigenvalue weighted by atomic mass is 19.4. The molecule has 3 aliphatic rings. The first-order valence-corrected chi connectivity index (χ1v) is 8.16. The van der Waals surface area contributed by atoms with Crippen LogP contribution in [0.2, 0.25) is 0 Å². The Labute approximate surface area is 147 Å². The number of hydrogen-bond acceptors (Lipinski definition) is 4. The molecule has 3 unspecified atom stereocenters. The summed E-state index contributed by atoms with van der Waals surface area (Å²) in [7, 11) is 0. The van der Waals surface area contributed by atoms with Crippen LogP contribution in [0.1, 0.15) is 40.6 Å². The molecule has 2 fully saturated rings. The maximum atomic E-state index is 14.6. The zero-order valence-corrected chi connectivity index (χ0v) is 13.5. The maximum Gasteiger partial charge on any atom is 0.435 e. The Balaban J connectivity index is 1.88. The zero-order valence-electron chi connectivity index (χ0n) is 13.5. The van der Waals surface area contributed by atoms with Gasteiger partial charge in [0.2, 0.25) is 17.7 Å². The van der Waals surface area contributed by atoms with Crippen molar-refractivity contribution >= 4 is 5.78 Å². The predicted octanol–water partition coefficient (Wildman–Crippen LogP) is 2.99. The molecule has 4 rings (SSSR count). The average molecular weight is 402 g/mol. The normalized spacial score (nSPS) is 35.8. The fourth-order valence-corrected chi connectivity index (χ4v) is 3.90. The molecule has 0 bridgehead atoms. The number of ketones is 1. The molecule has 1 saturated heterocycles. The van der Waals surface area contributed by atoms with Gasteiger partial charge in [-0.3, -0.25) is 9.48 Å². The van der Waals surface area contributed by atoms with Crippen LogP contribution in [0.5, 0.6) is 0 Å². The van der Waals surface area contributed by atoms with Crippen LogP contribution in [-0.4, -0.2) is 53.5 Å². The fourth-order valence-electron chi connectivity index (χ4n) is 3.90. The number of ether oxygens (including phenoxy) is 2. The van der Waals surface area contributed by atoms with Gasteiger partial charge in [0.15, 0.2) is 11.9 Å². The highest BCUT2D eigenvalue weighted by molar-refractivity contribution is 6.04. The average Bonchev–Trinajstić information content (AvgIpc) is 3.26. The molecule has 5 atom stereocenters. The molecule has 2 heterocycles. The summed E-state index contributed by atoms with van der Waals surface area (Å²) in [6, 6.07) is -1.39. The minimum atomic E-state index is -5.11. The molecule has 27 heavy (non-hydrogen) atoms. The third kappa shape index (κ3) is 2.52. The summed E-state index contributed by atoms with van der Waals surface area (Å²) in [6.45, 7) is -0.497. The Kier molecular flexibility index (Phi) is 4.08. The van der Waals surface area contributed by atoms with Gasteiger partial charge in [-0.2, -0.15) is 18.3 Å². The second kappa shape index (κ2) is 5.90. The number of rotatable bonds is 1. The second-order valence-corrected chi connectivity index (χ2v) is 6.71. The Morgan fingerprint density at radius 3 is 2.11 bits per heavy atom. The number of carbonyl (C=O) groups excluding carboxylic acids is 1. The van der Waals surface area contributed by atoms with Gasteiger partial charge in [0.1, 0.15) is 18.0 Å². The van der Waals surface area contributed by atoms with Crippen LogP contribution in [0.15, 0.2) is 0 Å². The van der Waals surface area contributed by atoms with Gasteiger partial charge in [-0.1, -0.05) is 0 Å².